The molecule has 1 aliphatic rings. The molecule has 110 valence electrons. The minimum atomic E-state index is -4.04. The third-order valence-corrected chi connectivity index (χ3v) is 5.31. The van der Waals surface area contributed by atoms with Crippen molar-refractivity contribution in [3.63, 3.8) is 0 Å². The number of nitrogen functional groups attached to an aromatic ring is 1. The molecule has 8 heteroatoms. The topological polar surface area (TPSA) is 106 Å². The van der Waals surface area contributed by atoms with Crippen molar-refractivity contribution in [1.29, 1.82) is 0 Å². The van der Waals surface area contributed by atoms with Crippen LogP contribution in [0.2, 0.25) is 0 Å². The normalized spacial score (nSPS) is 20.8. The van der Waals surface area contributed by atoms with Crippen LogP contribution in [-0.4, -0.2) is 31.2 Å². The van der Waals surface area contributed by atoms with E-state index in [1.807, 2.05) is 0 Å². The third kappa shape index (κ3) is 2.61. The van der Waals surface area contributed by atoms with Gasteiger partial charge in [0.25, 0.3) is 0 Å². The summed E-state index contributed by atoms with van der Waals surface area (Å²) in [5.41, 5.74) is 10.8. The van der Waals surface area contributed by atoms with Gasteiger partial charge in [-0.3, -0.25) is 4.79 Å². The lowest BCUT2D eigenvalue weighted by Crippen LogP contribution is -2.50. The van der Waals surface area contributed by atoms with Crippen LogP contribution in [0.5, 0.6) is 0 Å². The summed E-state index contributed by atoms with van der Waals surface area (Å²) in [4.78, 5) is 11.1. The predicted molar refractivity (Wildman–Crippen MR) is 71.5 cm³/mol. The molecule has 1 unspecified atom stereocenters. The zero-order valence-corrected chi connectivity index (χ0v) is 11.6. The summed E-state index contributed by atoms with van der Waals surface area (Å²) < 4.78 is 39.4. The fourth-order valence-corrected chi connectivity index (χ4v) is 4.13. The van der Waals surface area contributed by atoms with Crippen LogP contribution in [0.4, 0.5) is 10.1 Å². The number of anilines is 1. The van der Waals surface area contributed by atoms with E-state index in [2.05, 4.69) is 0 Å². The van der Waals surface area contributed by atoms with Crippen molar-refractivity contribution in [2.75, 3.05) is 12.3 Å². The molecule has 1 aromatic rings. The zero-order chi connectivity index (χ0) is 14.9. The van der Waals surface area contributed by atoms with Crippen molar-refractivity contribution >= 4 is 21.6 Å². The Morgan fingerprint density at radius 2 is 2.05 bits per heavy atom. The molecule has 6 nitrogen and oxygen atoms in total. The number of primary amides is 1. The lowest BCUT2D eigenvalue weighted by atomic mass is 10.0. The molecule has 0 radical (unpaired) electrons. The largest absolute Gasteiger partial charge is 0.398 e. The maximum absolute atomic E-state index is 13.3. The van der Waals surface area contributed by atoms with E-state index in [0.29, 0.717) is 12.8 Å². The van der Waals surface area contributed by atoms with Gasteiger partial charge in [0.15, 0.2) is 0 Å². The fraction of sp³-hybridized carbons (Fsp3) is 0.417. The van der Waals surface area contributed by atoms with Crippen molar-refractivity contribution in [3.8, 4) is 0 Å². The molecule has 0 spiro atoms. The van der Waals surface area contributed by atoms with Crippen LogP contribution in [0.15, 0.2) is 23.1 Å². The summed E-state index contributed by atoms with van der Waals surface area (Å²) in [5, 5.41) is 0. The Bertz CT molecular complexity index is 633. The molecule has 0 aliphatic carbocycles. The quantitative estimate of drug-likeness (QED) is 0.790. The highest BCUT2D eigenvalue weighted by Crippen LogP contribution is 2.28. The van der Waals surface area contributed by atoms with Crippen molar-refractivity contribution in [1.82, 2.24) is 4.31 Å². The van der Waals surface area contributed by atoms with Gasteiger partial charge >= 0.3 is 0 Å². The van der Waals surface area contributed by atoms with Gasteiger partial charge in [0.1, 0.15) is 16.8 Å². The van der Waals surface area contributed by atoms with E-state index in [-0.39, 0.29) is 17.1 Å². The van der Waals surface area contributed by atoms with Gasteiger partial charge in [-0.1, -0.05) is 6.42 Å². The smallest absolute Gasteiger partial charge is 0.245 e. The second kappa shape index (κ2) is 5.37. The van der Waals surface area contributed by atoms with E-state index in [9.17, 15) is 17.6 Å². The van der Waals surface area contributed by atoms with Crippen molar-refractivity contribution in [3.05, 3.63) is 24.0 Å². The first-order valence-electron chi connectivity index (χ1n) is 6.20. The monoisotopic (exact) mass is 301 g/mol. The Morgan fingerprint density at radius 3 is 2.70 bits per heavy atom. The molecular weight excluding hydrogens is 285 g/mol. The number of benzene rings is 1. The van der Waals surface area contributed by atoms with Crippen LogP contribution in [-0.2, 0) is 14.8 Å². The van der Waals surface area contributed by atoms with E-state index in [1.165, 1.54) is 6.07 Å². The van der Waals surface area contributed by atoms with Gasteiger partial charge in [-0.2, -0.15) is 4.31 Å². The Hall–Kier alpha value is -1.67. The van der Waals surface area contributed by atoms with Gasteiger partial charge in [0, 0.05) is 6.54 Å². The molecule has 0 bridgehead atoms. The molecule has 1 aromatic carbocycles. The molecule has 1 amide bonds. The second-order valence-corrected chi connectivity index (χ2v) is 6.57. The summed E-state index contributed by atoms with van der Waals surface area (Å²) in [6, 6.07) is 2.22. The predicted octanol–water partition coefficient (Wildman–Crippen LogP) is 0.436. The van der Waals surface area contributed by atoms with E-state index in [4.69, 9.17) is 11.5 Å². The standard InChI is InChI=1S/C12H16FN3O3S/c13-8-4-5-9(14)11(7-8)20(18,19)16-6-2-1-3-10(16)12(15)17/h4-5,7,10H,1-3,6,14H2,(H2,15,17). The molecule has 1 aliphatic heterocycles. The van der Waals surface area contributed by atoms with Gasteiger partial charge < -0.3 is 11.5 Å². The lowest BCUT2D eigenvalue weighted by molar-refractivity contribution is -0.122. The minimum absolute atomic E-state index is 0.0554. The molecule has 20 heavy (non-hydrogen) atoms. The number of sulfonamides is 1. The van der Waals surface area contributed by atoms with Crippen LogP contribution in [0.1, 0.15) is 19.3 Å². The SMILES string of the molecule is NC(=O)C1CCCCN1S(=O)(=O)c1cc(F)ccc1N. The number of nitrogens with two attached hydrogens (primary N) is 2. The summed E-state index contributed by atoms with van der Waals surface area (Å²) in [6.45, 7) is 0.173. The Labute approximate surface area is 116 Å². The van der Waals surface area contributed by atoms with Gasteiger partial charge in [-0.25, -0.2) is 12.8 Å². The van der Waals surface area contributed by atoms with Crippen LogP contribution in [0.25, 0.3) is 0 Å². The summed E-state index contributed by atoms with van der Waals surface area (Å²) >= 11 is 0. The highest BCUT2D eigenvalue weighted by molar-refractivity contribution is 7.89. The van der Waals surface area contributed by atoms with Crippen LogP contribution in [0, 0.1) is 5.82 Å². The number of amides is 1. The molecule has 0 saturated carbocycles. The number of piperidine rings is 1. The van der Waals surface area contributed by atoms with Crippen molar-refractivity contribution < 1.29 is 17.6 Å². The van der Waals surface area contributed by atoms with Crippen LogP contribution < -0.4 is 11.5 Å². The average molecular weight is 301 g/mol. The first-order valence-corrected chi connectivity index (χ1v) is 7.64. The summed E-state index contributed by atoms with van der Waals surface area (Å²) in [7, 11) is -4.04. The van der Waals surface area contributed by atoms with E-state index in [0.717, 1.165) is 22.9 Å². The molecule has 1 heterocycles. The fourth-order valence-electron chi connectivity index (χ4n) is 2.33. The number of nitrogens with zero attached hydrogens (tertiary/aromatic N) is 1. The Morgan fingerprint density at radius 1 is 1.35 bits per heavy atom. The molecule has 2 rings (SSSR count). The second-order valence-electron chi connectivity index (χ2n) is 4.71. The summed E-state index contributed by atoms with van der Waals surface area (Å²) in [5.74, 6) is -1.41. The van der Waals surface area contributed by atoms with Gasteiger partial charge in [0.05, 0.1) is 5.69 Å². The number of hydrogen-bond acceptors (Lipinski definition) is 4. The molecule has 1 saturated heterocycles. The minimum Gasteiger partial charge on any atom is -0.398 e. The van der Waals surface area contributed by atoms with Crippen LogP contribution >= 0.6 is 0 Å². The van der Waals surface area contributed by atoms with Gasteiger partial charge in [0.2, 0.25) is 15.9 Å². The highest BCUT2D eigenvalue weighted by atomic mass is 32.2. The van der Waals surface area contributed by atoms with Gasteiger partial charge in [-0.15, -0.1) is 0 Å². The number of halogens is 1. The molecule has 0 aromatic heterocycles. The third-order valence-electron chi connectivity index (χ3n) is 3.34. The number of rotatable bonds is 3. The first-order chi connectivity index (χ1) is 9.34. The maximum atomic E-state index is 13.3. The number of carbonyl (C=O) groups is 1. The molecular formula is C12H16FN3O3S. The van der Waals surface area contributed by atoms with Crippen molar-refractivity contribution in [2.24, 2.45) is 5.73 Å². The Balaban J connectivity index is 2.47. The highest BCUT2D eigenvalue weighted by Gasteiger charge is 2.37. The first kappa shape index (κ1) is 14.7. The molecule has 1 fully saturated rings. The van der Waals surface area contributed by atoms with Crippen molar-refractivity contribution in [2.45, 2.75) is 30.2 Å². The zero-order valence-electron chi connectivity index (χ0n) is 10.8. The lowest BCUT2D eigenvalue weighted by Gasteiger charge is -2.32. The summed E-state index contributed by atoms with van der Waals surface area (Å²) in [6.07, 6.45) is 1.71. The van der Waals surface area contributed by atoms with E-state index >= 15 is 0 Å². The van der Waals surface area contributed by atoms with E-state index < -0.39 is 27.8 Å². The number of carbonyl (C=O) groups excluding carboxylic acids is 1. The van der Waals surface area contributed by atoms with Gasteiger partial charge in [-0.05, 0) is 31.0 Å². The molecule has 1 atom stereocenters. The number of hydrogen-bond donors (Lipinski definition) is 2. The van der Waals surface area contributed by atoms with E-state index in [1.54, 1.807) is 0 Å². The Kier molecular flexibility index (Phi) is 3.96. The average Bonchev–Trinajstić information content (AvgIpc) is 2.41. The maximum Gasteiger partial charge on any atom is 0.245 e. The molecule has 4 N–H and O–H groups in total. The van der Waals surface area contributed by atoms with Crippen LogP contribution in [0.3, 0.4) is 0 Å².